The van der Waals surface area contributed by atoms with Crippen molar-refractivity contribution in [2.75, 3.05) is 7.11 Å². The van der Waals surface area contributed by atoms with E-state index in [4.69, 9.17) is 32.7 Å². The van der Waals surface area contributed by atoms with Crippen molar-refractivity contribution < 1.29 is 14.3 Å². The van der Waals surface area contributed by atoms with Crippen LogP contribution < -0.4 is 4.74 Å². The van der Waals surface area contributed by atoms with Gasteiger partial charge in [-0.15, -0.1) is 0 Å². The van der Waals surface area contributed by atoms with Crippen LogP contribution in [-0.2, 0) is 11.3 Å². The number of hydrogen-bond donors (Lipinski definition) is 0. The maximum absolute atomic E-state index is 11.9. The second-order valence-electron chi connectivity index (χ2n) is 4.05. The summed E-state index contributed by atoms with van der Waals surface area (Å²) in [4.78, 5) is 11.9. The second-order valence-corrected chi connectivity index (χ2v) is 4.89. The van der Waals surface area contributed by atoms with Gasteiger partial charge in [0, 0.05) is 5.02 Å². The van der Waals surface area contributed by atoms with Gasteiger partial charge in [-0.05, 0) is 35.9 Å². The number of hydrogen-bond acceptors (Lipinski definition) is 3. The van der Waals surface area contributed by atoms with E-state index >= 15 is 0 Å². The minimum absolute atomic E-state index is 0.168. The summed E-state index contributed by atoms with van der Waals surface area (Å²) in [6.07, 6.45) is 0. The van der Waals surface area contributed by atoms with E-state index in [2.05, 4.69) is 0 Å². The van der Waals surface area contributed by atoms with Gasteiger partial charge < -0.3 is 9.47 Å². The lowest BCUT2D eigenvalue weighted by molar-refractivity contribution is 0.0473. The number of carbonyl (C=O) groups excluding carboxylic acids is 1. The molecule has 2 aromatic rings. The van der Waals surface area contributed by atoms with Crippen LogP contribution in [0.15, 0.2) is 42.5 Å². The van der Waals surface area contributed by atoms with Crippen molar-refractivity contribution >= 4 is 29.2 Å². The Morgan fingerprint density at radius 2 is 1.80 bits per heavy atom. The number of halogens is 2. The Morgan fingerprint density at radius 1 is 1.10 bits per heavy atom. The van der Waals surface area contributed by atoms with E-state index in [9.17, 15) is 4.79 Å². The third-order valence-electron chi connectivity index (χ3n) is 2.68. The van der Waals surface area contributed by atoms with Crippen LogP contribution >= 0.6 is 23.2 Å². The molecule has 0 fully saturated rings. The number of rotatable bonds is 4. The Morgan fingerprint density at radius 3 is 2.40 bits per heavy atom. The third-order valence-corrected chi connectivity index (χ3v) is 3.23. The number of carbonyl (C=O) groups is 1. The summed E-state index contributed by atoms with van der Waals surface area (Å²) < 4.78 is 10.3. The van der Waals surface area contributed by atoms with Crippen molar-refractivity contribution in [3.05, 3.63) is 63.6 Å². The van der Waals surface area contributed by atoms with Crippen molar-refractivity contribution in [3.63, 3.8) is 0 Å². The first kappa shape index (κ1) is 14.7. The van der Waals surface area contributed by atoms with Gasteiger partial charge in [-0.3, -0.25) is 0 Å². The van der Waals surface area contributed by atoms with Crippen LogP contribution in [0, 0.1) is 0 Å². The number of esters is 1. The highest BCUT2D eigenvalue weighted by Gasteiger charge is 2.12. The summed E-state index contributed by atoms with van der Waals surface area (Å²) in [5.41, 5.74) is 1.16. The van der Waals surface area contributed by atoms with E-state index in [-0.39, 0.29) is 11.6 Å². The topological polar surface area (TPSA) is 35.5 Å². The summed E-state index contributed by atoms with van der Waals surface area (Å²) in [5.74, 6) is 0.267. The van der Waals surface area contributed by atoms with Gasteiger partial charge in [0.25, 0.3) is 0 Å². The Kier molecular flexibility index (Phi) is 4.88. The molecule has 0 unspecified atom stereocenters. The standard InChI is InChI=1S/C15H12Cl2O3/c1-19-12-5-2-10(3-6-12)9-20-15(18)13-7-4-11(16)8-14(13)17/h2-8H,9H2,1H3. The van der Waals surface area contributed by atoms with Crippen LogP contribution in [-0.4, -0.2) is 13.1 Å². The van der Waals surface area contributed by atoms with E-state index < -0.39 is 5.97 Å². The first-order valence-corrected chi connectivity index (χ1v) is 6.61. The monoisotopic (exact) mass is 310 g/mol. The minimum Gasteiger partial charge on any atom is -0.497 e. The third kappa shape index (κ3) is 3.65. The molecule has 0 aliphatic heterocycles. The van der Waals surface area contributed by atoms with Crippen molar-refractivity contribution in [3.8, 4) is 5.75 Å². The number of methoxy groups -OCH3 is 1. The smallest absolute Gasteiger partial charge is 0.339 e. The zero-order valence-electron chi connectivity index (χ0n) is 10.7. The molecule has 0 atom stereocenters. The molecule has 0 aliphatic rings. The van der Waals surface area contributed by atoms with Crippen molar-refractivity contribution in [2.45, 2.75) is 6.61 Å². The zero-order chi connectivity index (χ0) is 14.5. The Bertz CT molecular complexity index is 609. The molecule has 0 saturated carbocycles. The van der Waals surface area contributed by atoms with Gasteiger partial charge in [0.2, 0.25) is 0 Å². The molecule has 3 nitrogen and oxygen atoms in total. The van der Waals surface area contributed by atoms with Crippen molar-refractivity contribution in [2.24, 2.45) is 0 Å². The largest absolute Gasteiger partial charge is 0.497 e. The molecule has 0 aromatic heterocycles. The molecule has 0 spiro atoms. The SMILES string of the molecule is COc1ccc(COC(=O)c2ccc(Cl)cc2Cl)cc1. The van der Waals surface area contributed by atoms with Gasteiger partial charge in [0.15, 0.2) is 0 Å². The quantitative estimate of drug-likeness (QED) is 0.787. The molecule has 2 aromatic carbocycles. The lowest BCUT2D eigenvalue weighted by Gasteiger charge is -2.07. The Hall–Kier alpha value is -1.71. The molecular weight excluding hydrogens is 299 g/mol. The first-order chi connectivity index (χ1) is 9.60. The fraction of sp³-hybridized carbons (Fsp3) is 0.133. The summed E-state index contributed by atoms with van der Waals surface area (Å²) in [5, 5.41) is 0.749. The molecule has 0 bridgehead atoms. The summed E-state index contributed by atoms with van der Waals surface area (Å²) in [6, 6.07) is 11.9. The van der Waals surface area contributed by atoms with Gasteiger partial charge in [-0.2, -0.15) is 0 Å². The lowest BCUT2D eigenvalue weighted by Crippen LogP contribution is -2.05. The van der Waals surface area contributed by atoms with E-state index in [1.165, 1.54) is 6.07 Å². The van der Waals surface area contributed by atoms with Crippen LogP contribution in [0.5, 0.6) is 5.75 Å². The van der Waals surface area contributed by atoms with E-state index in [0.717, 1.165) is 11.3 Å². The highest BCUT2D eigenvalue weighted by molar-refractivity contribution is 6.36. The van der Waals surface area contributed by atoms with Gasteiger partial charge in [-0.25, -0.2) is 4.79 Å². The fourth-order valence-electron chi connectivity index (χ4n) is 1.60. The van der Waals surface area contributed by atoms with Crippen LogP contribution in [0.2, 0.25) is 10.0 Å². The van der Waals surface area contributed by atoms with Crippen molar-refractivity contribution in [1.82, 2.24) is 0 Å². The fourth-order valence-corrected chi connectivity index (χ4v) is 2.09. The lowest BCUT2D eigenvalue weighted by atomic mass is 10.2. The van der Waals surface area contributed by atoms with Crippen LogP contribution in [0.1, 0.15) is 15.9 Å². The molecule has 2 rings (SSSR count). The first-order valence-electron chi connectivity index (χ1n) is 5.85. The zero-order valence-corrected chi connectivity index (χ0v) is 12.2. The molecule has 5 heteroatoms. The van der Waals surface area contributed by atoms with E-state index in [0.29, 0.717) is 10.6 Å². The van der Waals surface area contributed by atoms with Gasteiger partial charge >= 0.3 is 5.97 Å². The molecule has 0 radical (unpaired) electrons. The molecule has 104 valence electrons. The molecule has 0 amide bonds. The highest BCUT2D eigenvalue weighted by Crippen LogP contribution is 2.22. The summed E-state index contributed by atoms with van der Waals surface area (Å²) in [6.45, 7) is 0.168. The normalized spacial score (nSPS) is 10.2. The van der Waals surface area contributed by atoms with Crippen LogP contribution in [0.25, 0.3) is 0 Å². The highest BCUT2D eigenvalue weighted by atomic mass is 35.5. The number of ether oxygens (including phenoxy) is 2. The van der Waals surface area contributed by atoms with E-state index in [1.54, 1.807) is 31.4 Å². The Balaban J connectivity index is 2.00. The van der Waals surface area contributed by atoms with E-state index in [1.807, 2.05) is 12.1 Å². The molecular formula is C15H12Cl2O3. The minimum atomic E-state index is -0.484. The van der Waals surface area contributed by atoms with Gasteiger partial charge in [0.05, 0.1) is 17.7 Å². The average molecular weight is 311 g/mol. The number of benzene rings is 2. The predicted octanol–water partition coefficient (Wildman–Crippen LogP) is 4.36. The maximum atomic E-state index is 11.9. The van der Waals surface area contributed by atoms with Crippen molar-refractivity contribution in [1.29, 1.82) is 0 Å². The van der Waals surface area contributed by atoms with Gasteiger partial charge in [0.1, 0.15) is 12.4 Å². The predicted molar refractivity (Wildman–Crippen MR) is 78.6 cm³/mol. The summed E-state index contributed by atoms with van der Waals surface area (Å²) in [7, 11) is 1.59. The van der Waals surface area contributed by atoms with Crippen LogP contribution in [0.4, 0.5) is 0 Å². The molecule has 0 N–H and O–H groups in total. The van der Waals surface area contributed by atoms with Gasteiger partial charge in [-0.1, -0.05) is 35.3 Å². The molecule has 20 heavy (non-hydrogen) atoms. The Labute approximate surface area is 127 Å². The average Bonchev–Trinajstić information content (AvgIpc) is 2.45. The molecule has 0 aliphatic carbocycles. The maximum Gasteiger partial charge on any atom is 0.339 e. The second kappa shape index (κ2) is 6.64. The van der Waals surface area contributed by atoms with Crippen LogP contribution in [0.3, 0.4) is 0 Å². The summed E-state index contributed by atoms with van der Waals surface area (Å²) >= 11 is 11.7. The molecule has 0 saturated heterocycles. The molecule has 0 heterocycles.